The summed E-state index contributed by atoms with van der Waals surface area (Å²) >= 11 is 8.14. The number of carbonyl (C=O) groups excluding carboxylic acids is 1. The average Bonchev–Trinajstić information content (AvgIpc) is 2.48. The lowest BCUT2D eigenvalue weighted by molar-refractivity contribution is 0.0267. The Bertz CT molecular complexity index is 491. The lowest BCUT2D eigenvalue weighted by Crippen LogP contribution is -2.33. The van der Waals surface area contributed by atoms with Crippen LogP contribution >= 0.6 is 34.2 Å². The number of rotatable bonds is 5. The summed E-state index contributed by atoms with van der Waals surface area (Å²) in [5, 5.41) is 3.44. The van der Waals surface area contributed by atoms with Crippen LogP contribution in [-0.2, 0) is 4.74 Å². The third-order valence-electron chi connectivity index (χ3n) is 3.64. The van der Waals surface area contributed by atoms with Gasteiger partial charge in [-0.3, -0.25) is 4.79 Å². The van der Waals surface area contributed by atoms with E-state index in [0.29, 0.717) is 29.8 Å². The molecule has 0 bridgehead atoms. The van der Waals surface area contributed by atoms with Crippen molar-refractivity contribution >= 4 is 40.1 Å². The predicted molar refractivity (Wildman–Crippen MR) is 92.7 cm³/mol. The highest BCUT2D eigenvalue weighted by molar-refractivity contribution is 14.1. The number of nitrogens with two attached hydrogens (primary N) is 1. The van der Waals surface area contributed by atoms with Crippen LogP contribution in [0, 0.1) is 3.57 Å². The van der Waals surface area contributed by atoms with Gasteiger partial charge in [0.15, 0.2) is 0 Å². The maximum Gasteiger partial charge on any atom is 0.251 e. The molecule has 1 aromatic rings. The first-order valence-electron chi connectivity index (χ1n) is 7.16. The summed E-state index contributed by atoms with van der Waals surface area (Å²) in [6, 6.07) is 5.61. The van der Waals surface area contributed by atoms with Crippen molar-refractivity contribution in [2.24, 2.45) is 5.73 Å². The quantitative estimate of drug-likeness (QED) is 0.566. The van der Waals surface area contributed by atoms with Crippen LogP contribution in [0.3, 0.4) is 0 Å². The number of hydrogen-bond donors (Lipinski definition) is 2. The fourth-order valence-corrected chi connectivity index (χ4v) is 2.90. The van der Waals surface area contributed by atoms with Crippen molar-refractivity contribution in [1.29, 1.82) is 0 Å². The van der Waals surface area contributed by atoms with Crippen LogP contribution in [-0.4, -0.2) is 31.2 Å². The SMILES string of the molecule is NC1CCC(OCCNC(=O)c2ccc(I)c(Cl)c2)CC1. The number of carbonyl (C=O) groups is 1. The summed E-state index contributed by atoms with van der Waals surface area (Å²) < 4.78 is 6.70. The first-order valence-corrected chi connectivity index (χ1v) is 8.62. The molecule has 21 heavy (non-hydrogen) atoms. The minimum Gasteiger partial charge on any atom is -0.376 e. The van der Waals surface area contributed by atoms with Gasteiger partial charge in [0.25, 0.3) is 5.91 Å². The zero-order chi connectivity index (χ0) is 15.2. The molecule has 0 aromatic heterocycles. The van der Waals surface area contributed by atoms with Crippen molar-refractivity contribution in [1.82, 2.24) is 5.32 Å². The minimum atomic E-state index is -0.123. The Morgan fingerprint density at radius 3 is 2.76 bits per heavy atom. The Kier molecular flexibility index (Phi) is 6.73. The van der Waals surface area contributed by atoms with Gasteiger partial charge < -0.3 is 15.8 Å². The van der Waals surface area contributed by atoms with Gasteiger partial charge in [-0.15, -0.1) is 0 Å². The number of hydrogen-bond acceptors (Lipinski definition) is 3. The van der Waals surface area contributed by atoms with E-state index in [1.54, 1.807) is 12.1 Å². The van der Waals surface area contributed by atoms with Crippen molar-refractivity contribution in [3.05, 3.63) is 32.4 Å². The topological polar surface area (TPSA) is 64.3 Å². The first kappa shape index (κ1) is 17.0. The molecule has 0 radical (unpaired) electrons. The fourth-order valence-electron chi connectivity index (χ4n) is 2.38. The molecule has 0 atom stereocenters. The molecule has 1 aliphatic rings. The molecule has 0 saturated heterocycles. The van der Waals surface area contributed by atoms with Crippen LogP contribution in [0.4, 0.5) is 0 Å². The fraction of sp³-hybridized carbons (Fsp3) is 0.533. The molecule has 116 valence electrons. The molecule has 1 aromatic carbocycles. The van der Waals surface area contributed by atoms with E-state index in [4.69, 9.17) is 22.1 Å². The van der Waals surface area contributed by atoms with Crippen LogP contribution in [0.1, 0.15) is 36.0 Å². The summed E-state index contributed by atoms with van der Waals surface area (Å²) in [6.45, 7) is 1.04. The third kappa shape index (κ3) is 5.39. The number of nitrogens with one attached hydrogen (secondary N) is 1. The maximum atomic E-state index is 12.0. The second kappa shape index (κ2) is 8.31. The van der Waals surface area contributed by atoms with E-state index >= 15 is 0 Å². The zero-order valence-electron chi connectivity index (χ0n) is 11.8. The lowest BCUT2D eigenvalue weighted by Gasteiger charge is -2.26. The highest BCUT2D eigenvalue weighted by atomic mass is 127. The Hall–Kier alpha value is -0.370. The van der Waals surface area contributed by atoms with Gasteiger partial charge in [0, 0.05) is 21.7 Å². The zero-order valence-corrected chi connectivity index (χ0v) is 14.7. The molecule has 0 unspecified atom stereocenters. The summed E-state index contributed by atoms with van der Waals surface area (Å²) in [6.07, 6.45) is 4.37. The predicted octanol–water partition coefficient (Wildman–Crippen LogP) is 2.96. The van der Waals surface area contributed by atoms with Crippen molar-refractivity contribution in [3.8, 4) is 0 Å². The molecule has 4 nitrogen and oxygen atoms in total. The highest BCUT2D eigenvalue weighted by Crippen LogP contribution is 2.20. The van der Waals surface area contributed by atoms with Gasteiger partial charge in [-0.2, -0.15) is 0 Å². The molecule has 2 rings (SSSR count). The smallest absolute Gasteiger partial charge is 0.251 e. The van der Waals surface area contributed by atoms with Crippen LogP contribution in [0.5, 0.6) is 0 Å². The van der Waals surface area contributed by atoms with E-state index in [2.05, 4.69) is 27.9 Å². The molecular formula is C15H20ClIN2O2. The molecule has 3 N–H and O–H groups in total. The van der Waals surface area contributed by atoms with E-state index in [-0.39, 0.29) is 12.0 Å². The molecule has 1 amide bonds. The Balaban J connectivity index is 1.68. The first-order chi connectivity index (χ1) is 10.1. The van der Waals surface area contributed by atoms with E-state index in [1.807, 2.05) is 6.07 Å². The standard InChI is InChI=1S/C15H20ClIN2O2/c16-13-9-10(1-6-14(13)17)15(20)19-7-8-21-12-4-2-11(18)3-5-12/h1,6,9,11-12H,2-5,7-8,18H2,(H,19,20). The monoisotopic (exact) mass is 422 g/mol. The van der Waals surface area contributed by atoms with Crippen molar-refractivity contribution in [2.45, 2.75) is 37.8 Å². The highest BCUT2D eigenvalue weighted by Gasteiger charge is 2.18. The molecule has 1 saturated carbocycles. The average molecular weight is 423 g/mol. The second-order valence-electron chi connectivity index (χ2n) is 5.29. The van der Waals surface area contributed by atoms with E-state index in [1.165, 1.54) is 0 Å². The summed E-state index contributed by atoms with van der Waals surface area (Å²) in [5.41, 5.74) is 6.43. The largest absolute Gasteiger partial charge is 0.376 e. The Morgan fingerprint density at radius 2 is 2.10 bits per heavy atom. The molecule has 0 aliphatic heterocycles. The van der Waals surface area contributed by atoms with Crippen LogP contribution in [0.2, 0.25) is 5.02 Å². The van der Waals surface area contributed by atoms with Gasteiger partial charge in [-0.05, 0) is 66.5 Å². The van der Waals surface area contributed by atoms with E-state index in [9.17, 15) is 4.79 Å². The van der Waals surface area contributed by atoms with Crippen molar-refractivity contribution in [2.75, 3.05) is 13.2 Å². The molecule has 6 heteroatoms. The normalized spacial score (nSPS) is 22.0. The lowest BCUT2D eigenvalue weighted by atomic mass is 9.94. The molecule has 0 spiro atoms. The van der Waals surface area contributed by atoms with Crippen LogP contribution in [0.25, 0.3) is 0 Å². The van der Waals surface area contributed by atoms with Gasteiger partial charge in [0.2, 0.25) is 0 Å². The van der Waals surface area contributed by atoms with Gasteiger partial charge in [0.05, 0.1) is 17.7 Å². The molecule has 0 heterocycles. The maximum absolute atomic E-state index is 12.0. The van der Waals surface area contributed by atoms with Gasteiger partial charge >= 0.3 is 0 Å². The second-order valence-corrected chi connectivity index (χ2v) is 6.86. The van der Waals surface area contributed by atoms with Crippen LogP contribution in [0.15, 0.2) is 18.2 Å². The van der Waals surface area contributed by atoms with E-state index < -0.39 is 0 Å². The van der Waals surface area contributed by atoms with Crippen molar-refractivity contribution < 1.29 is 9.53 Å². The molecular weight excluding hydrogens is 403 g/mol. The van der Waals surface area contributed by atoms with Crippen molar-refractivity contribution in [3.63, 3.8) is 0 Å². The number of halogens is 2. The number of amides is 1. The molecule has 1 fully saturated rings. The third-order valence-corrected chi connectivity index (χ3v) is 5.21. The summed E-state index contributed by atoms with van der Waals surface area (Å²) in [5.74, 6) is -0.123. The number of benzene rings is 1. The summed E-state index contributed by atoms with van der Waals surface area (Å²) in [7, 11) is 0. The minimum absolute atomic E-state index is 0.123. The van der Waals surface area contributed by atoms with Gasteiger partial charge in [-0.1, -0.05) is 11.6 Å². The van der Waals surface area contributed by atoms with Crippen LogP contribution < -0.4 is 11.1 Å². The summed E-state index contributed by atoms with van der Waals surface area (Å²) in [4.78, 5) is 12.0. The van der Waals surface area contributed by atoms with Gasteiger partial charge in [0.1, 0.15) is 0 Å². The van der Waals surface area contributed by atoms with E-state index in [0.717, 1.165) is 29.3 Å². The van der Waals surface area contributed by atoms with Gasteiger partial charge in [-0.25, -0.2) is 0 Å². The Morgan fingerprint density at radius 1 is 1.38 bits per heavy atom. The molecule has 1 aliphatic carbocycles. The Labute approximate surface area is 143 Å². The number of ether oxygens (including phenoxy) is 1.